The van der Waals surface area contributed by atoms with Crippen LogP contribution in [0.4, 0.5) is 10.1 Å². The van der Waals surface area contributed by atoms with Gasteiger partial charge in [0.15, 0.2) is 5.58 Å². The number of anilines is 1. The molecule has 3 aromatic heterocycles. The van der Waals surface area contributed by atoms with Crippen LogP contribution in [0.1, 0.15) is 17.1 Å². The van der Waals surface area contributed by atoms with Crippen LogP contribution < -0.4 is 11.1 Å². The summed E-state index contributed by atoms with van der Waals surface area (Å²) in [4.78, 5) is 5.53. The van der Waals surface area contributed by atoms with Crippen LogP contribution in [-0.2, 0) is 13.0 Å². The maximum atomic E-state index is 12.4. The first-order valence-electron chi connectivity index (χ1n) is 7.43. The monoisotopic (exact) mass is 431 g/mol. The highest BCUT2D eigenvalue weighted by Crippen LogP contribution is 2.36. The molecule has 0 amide bonds. The summed E-state index contributed by atoms with van der Waals surface area (Å²) in [5, 5.41) is 5.73. The molecule has 0 aliphatic rings. The van der Waals surface area contributed by atoms with E-state index in [1.165, 1.54) is 4.88 Å². The molecule has 1 atom stereocenters. The summed E-state index contributed by atoms with van der Waals surface area (Å²) in [5.41, 5.74) is 7.94. The third kappa shape index (κ3) is 3.91. The van der Waals surface area contributed by atoms with Gasteiger partial charge in [0.2, 0.25) is 0 Å². The lowest BCUT2D eigenvalue weighted by Crippen LogP contribution is -2.23. The SMILES string of the molecule is N[C@@H](CCF)Cc1oc2c(NCc3cccs3)cc(Cl)nc2c1Br. The zero-order valence-electron chi connectivity index (χ0n) is 12.7. The lowest BCUT2D eigenvalue weighted by Gasteiger charge is -2.07. The van der Waals surface area contributed by atoms with Crippen molar-refractivity contribution in [3.63, 3.8) is 0 Å². The van der Waals surface area contributed by atoms with Gasteiger partial charge in [-0.1, -0.05) is 17.7 Å². The number of pyridine rings is 1. The van der Waals surface area contributed by atoms with Crippen LogP contribution in [0.25, 0.3) is 11.1 Å². The van der Waals surface area contributed by atoms with Crippen molar-refractivity contribution in [3.05, 3.63) is 43.8 Å². The van der Waals surface area contributed by atoms with E-state index in [4.69, 9.17) is 21.8 Å². The Hall–Kier alpha value is -1.15. The third-order valence-electron chi connectivity index (χ3n) is 3.58. The number of nitrogens with zero attached hydrogens (tertiary/aromatic N) is 1. The number of rotatable bonds is 7. The van der Waals surface area contributed by atoms with Crippen molar-refractivity contribution in [2.24, 2.45) is 5.73 Å². The summed E-state index contributed by atoms with van der Waals surface area (Å²) < 4.78 is 19.1. The third-order valence-corrected chi connectivity index (χ3v) is 5.47. The molecule has 128 valence electrons. The molecular weight excluding hydrogens is 417 g/mol. The Balaban J connectivity index is 1.91. The Labute approximate surface area is 156 Å². The number of thiophene rings is 1. The van der Waals surface area contributed by atoms with E-state index in [1.807, 2.05) is 11.4 Å². The standard InChI is InChI=1S/C16H16BrClFN3OS/c17-14-12(6-9(20)3-4-19)23-16-11(7-13(18)22-15(14)16)21-8-10-2-1-5-24-10/h1-2,5,7,9H,3-4,6,8,20H2,(H,21,22)/t9-/m0/s1. The van der Waals surface area contributed by atoms with Crippen molar-refractivity contribution < 1.29 is 8.81 Å². The summed E-state index contributed by atoms with van der Waals surface area (Å²) >= 11 is 11.3. The average Bonchev–Trinajstić information content (AvgIpc) is 3.15. The molecule has 0 aliphatic heterocycles. The number of fused-ring (bicyclic) bond motifs is 1. The van der Waals surface area contributed by atoms with Gasteiger partial charge in [-0.25, -0.2) is 4.98 Å². The number of hydrogen-bond donors (Lipinski definition) is 2. The molecule has 0 saturated heterocycles. The second-order valence-corrected chi connectivity index (χ2v) is 7.60. The lowest BCUT2D eigenvalue weighted by molar-refractivity contribution is 0.419. The first-order chi connectivity index (χ1) is 11.6. The minimum absolute atomic E-state index is 0.293. The van der Waals surface area contributed by atoms with Gasteiger partial charge in [0, 0.05) is 30.0 Å². The van der Waals surface area contributed by atoms with Crippen LogP contribution in [0.2, 0.25) is 5.15 Å². The van der Waals surface area contributed by atoms with E-state index in [9.17, 15) is 4.39 Å². The van der Waals surface area contributed by atoms with Gasteiger partial charge in [-0.15, -0.1) is 11.3 Å². The molecule has 0 radical (unpaired) electrons. The molecule has 3 heterocycles. The number of alkyl halides is 1. The van der Waals surface area contributed by atoms with Gasteiger partial charge in [0.25, 0.3) is 0 Å². The molecule has 0 bridgehead atoms. The van der Waals surface area contributed by atoms with Gasteiger partial charge in [0.1, 0.15) is 16.4 Å². The van der Waals surface area contributed by atoms with Crippen molar-refractivity contribution in [1.29, 1.82) is 0 Å². The van der Waals surface area contributed by atoms with E-state index in [0.29, 0.717) is 45.9 Å². The maximum Gasteiger partial charge on any atom is 0.177 e. The largest absolute Gasteiger partial charge is 0.456 e. The highest BCUT2D eigenvalue weighted by Gasteiger charge is 2.19. The lowest BCUT2D eigenvalue weighted by atomic mass is 10.1. The second kappa shape index (κ2) is 7.82. The van der Waals surface area contributed by atoms with Crippen LogP contribution in [-0.4, -0.2) is 17.7 Å². The summed E-state index contributed by atoms with van der Waals surface area (Å²) in [6, 6.07) is 5.49. The van der Waals surface area contributed by atoms with E-state index in [0.717, 1.165) is 5.69 Å². The highest BCUT2D eigenvalue weighted by atomic mass is 79.9. The number of furan rings is 1. The van der Waals surface area contributed by atoms with Crippen molar-refractivity contribution in [3.8, 4) is 0 Å². The molecule has 3 rings (SSSR count). The van der Waals surface area contributed by atoms with E-state index >= 15 is 0 Å². The van der Waals surface area contributed by atoms with Gasteiger partial charge in [-0.3, -0.25) is 4.39 Å². The minimum atomic E-state index is -0.448. The fourth-order valence-corrected chi connectivity index (χ4v) is 3.74. The molecule has 8 heteroatoms. The number of aromatic nitrogens is 1. The molecule has 0 saturated carbocycles. The predicted molar refractivity (Wildman–Crippen MR) is 101 cm³/mol. The molecule has 0 unspecified atom stereocenters. The van der Waals surface area contributed by atoms with E-state index in [-0.39, 0.29) is 6.04 Å². The summed E-state index contributed by atoms with van der Waals surface area (Å²) in [6.07, 6.45) is 0.726. The molecular formula is C16H16BrClFN3OS. The number of halogens is 3. The van der Waals surface area contributed by atoms with E-state index < -0.39 is 6.67 Å². The second-order valence-electron chi connectivity index (χ2n) is 5.38. The molecule has 3 N–H and O–H groups in total. The van der Waals surface area contributed by atoms with Crippen LogP contribution >= 0.6 is 38.9 Å². The number of nitrogens with one attached hydrogen (secondary N) is 1. The zero-order chi connectivity index (χ0) is 17.1. The predicted octanol–water partition coefficient (Wildman–Crippen LogP) is 5.15. The Kier molecular flexibility index (Phi) is 5.76. The smallest absolute Gasteiger partial charge is 0.177 e. The Bertz CT molecular complexity index is 824. The molecule has 4 nitrogen and oxygen atoms in total. The normalized spacial score (nSPS) is 12.7. The van der Waals surface area contributed by atoms with Crippen molar-refractivity contribution in [1.82, 2.24) is 4.98 Å². The first-order valence-corrected chi connectivity index (χ1v) is 9.48. The molecule has 0 aromatic carbocycles. The molecule has 24 heavy (non-hydrogen) atoms. The molecule has 0 aliphatic carbocycles. The van der Waals surface area contributed by atoms with Gasteiger partial charge >= 0.3 is 0 Å². The number of nitrogens with two attached hydrogens (primary N) is 1. The average molecular weight is 433 g/mol. The summed E-state index contributed by atoms with van der Waals surface area (Å²) in [6.45, 7) is 0.221. The van der Waals surface area contributed by atoms with Crippen LogP contribution in [0, 0.1) is 0 Å². The summed E-state index contributed by atoms with van der Waals surface area (Å²) in [7, 11) is 0. The Morgan fingerprint density at radius 1 is 1.50 bits per heavy atom. The number of hydrogen-bond acceptors (Lipinski definition) is 5. The van der Waals surface area contributed by atoms with Gasteiger partial charge < -0.3 is 15.5 Å². The van der Waals surface area contributed by atoms with E-state index in [1.54, 1.807) is 17.4 Å². The minimum Gasteiger partial charge on any atom is -0.456 e. The van der Waals surface area contributed by atoms with Crippen molar-refractivity contribution in [2.75, 3.05) is 12.0 Å². The fraction of sp³-hybridized carbons (Fsp3) is 0.312. The summed E-state index contributed by atoms with van der Waals surface area (Å²) in [5.74, 6) is 0.653. The molecule has 3 aromatic rings. The molecule has 0 spiro atoms. The van der Waals surface area contributed by atoms with Crippen LogP contribution in [0.3, 0.4) is 0 Å². The highest BCUT2D eigenvalue weighted by molar-refractivity contribution is 9.10. The maximum absolute atomic E-state index is 12.4. The first kappa shape index (κ1) is 17.7. The van der Waals surface area contributed by atoms with Crippen molar-refractivity contribution >= 4 is 55.7 Å². The Morgan fingerprint density at radius 2 is 2.33 bits per heavy atom. The fourth-order valence-electron chi connectivity index (χ4n) is 2.39. The molecule has 0 fully saturated rings. The van der Waals surface area contributed by atoms with Crippen molar-refractivity contribution in [2.45, 2.75) is 25.4 Å². The van der Waals surface area contributed by atoms with Crippen LogP contribution in [0.15, 0.2) is 32.5 Å². The van der Waals surface area contributed by atoms with E-state index in [2.05, 4.69) is 32.3 Å². The topological polar surface area (TPSA) is 64.1 Å². The van der Waals surface area contributed by atoms with Gasteiger partial charge in [0.05, 0.1) is 16.8 Å². The Morgan fingerprint density at radius 3 is 3.04 bits per heavy atom. The van der Waals surface area contributed by atoms with Gasteiger partial charge in [-0.05, 0) is 33.8 Å². The quantitative estimate of drug-likeness (QED) is 0.507. The van der Waals surface area contributed by atoms with Gasteiger partial charge in [-0.2, -0.15) is 0 Å². The van der Waals surface area contributed by atoms with Crippen LogP contribution in [0.5, 0.6) is 0 Å². The zero-order valence-corrected chi connectivity index (χ0v) is 15.8.